The highest BCUT2D eigenvalue weighted by atomic mass is 16.4. The topological polar surface area (TPSA) is 113 Å². The van der Waals surface area contributed by atoms with E-state index in [0.717, 1.165) is 0 Å². The van der Waals surface area contributed by atoms with Crippen LogP contribution in [0.1, 0.15) is 0 Å². The second-order valence-electron chi connectivity index (χ2n) is 3.26. The number of likely N-dealkylation sites (N-methyl/N-ethyl adjacent to an activating group) is 2. The minimum absolute atomic E-state index is 0. The Labute approximate surface area is 89.2 Å². The van der Waals surface area contributed by atoms with Gasteiger partial charge in [0, 0.05) is 0 Å². The summed E-state index contributed by atoms with van der Waals surface area (Å²) in [6, 6.07) is 0. The van der Waals surface area contributed by atoms with Gasteiger partial charge in [-0.05, 0) is 28.2 Å². The standard InChI is InChI=1S/2C4H9NO2.H2O/c2*1-5(2)3-4(6)7;/h2*3H2,1-2H3,(H,6,7);1H2. The molecule has 0 aromatic rings. The summed E-state index contributed by atoms with van der Waals surface area (Å²) in [5.41, 5.74) is 0. The summed E-state index contributed by atoms with van der Waals surface area (Å²) >= 11 is 0. The highest BCUT2D eigenvalue weighted by molar-refractivity contribution is 5.69. The summed E-state index contributed by atoms with van der Waals surface area (Å²) in [7, 11) is 6.87. The predicted molar refractivity (Wildman–Crippen MR) is 56.0 cm³/mol. The molecule has 0 aliphatic carbocycles. The normalized spacial score (nSPS) is 8.93. The molecular weight excluding hydrogens is 204 g/mol. The van der Waals surface area contributed by atoms with Crippen molar-refractivity contribution < 1.29 is 25.3 Å². The molecule has 15 heavy (non-hydrogen) atoms. The number of hydrogen-bond acceptors (Lipinski definition) is 4. The monoisotopic (exact) mass is 224 g/mol. The molecule has 0 aromatic heterocycles. The van der Waals surface area contributed by atoms with Crippen LogP contribution in [0.3, 0.4) is 0 Å². The van der Waals surface area contributed by atoms with Crippen molar-refractivity contribution in [3.63, 3.8) is 0 Å². The SMILES string of the molecule is CN(C)CC(=O)O.CN(C)CC(=O)O.O. The first-order valence-electron chi connectivity index (χ1n) is 3.98. The third kappa shape index (κ3) is 32.3. The van der Waals surface area contributed by atoms with E-state index in [0.29, 0.717) is 0 Å². The lowest BCUT2D eigenvalue weighted by molar-refractivity contribution is -0.138. The van der Waals surface area contributed by atoms with E-state index >= 15 is 0 Å². The fourth-order valence-electron chi connectivity index (χ4n) is 0.541. The molecule has 0 heterocycles. The number of rotatable bonds is 4. The van der Waals surface area contributed by atoms with Crippen molar-refractivity contribution in [3.8, 4) is 0 Å². The minimum Gasteiger partial charge on any atom is -0.480 e. The Morgan fingerprint density at radius 2 is 1.07 bits per heavy atom. The van der Waals surface area contributed by atoms with E-state index in [2.05, 4.69) is 0 Å². The zero-order valence-electron chi connectivity index (χ0n) is 9.52. The number of carboxylic acids is 2. The summed E-state index contributed by atoms with van der Waals surface area (Å²) in [6.07, 6.45) is 0. The van der Waals surface area contributed by atoms with Crippen LogP contribution in [0, 0.1) is 0 Å². The summed E-state index contributed by atoms with van der Waals surface area (Å²) in [4.78, 5) is 22.7. The van der Waals surface area contributed by atoms with Crippen molar-refractivity contribution in [3.05, 3.63) is 0 Å². The molecule has 7 nitrogen and oxygen atoms in total. The van der Waals surface area contributed by atoms with Crippen molar-refractivity contribution in [1.29, 1.82) is 0 Å². The zero-order chi connectivity index (χ0) is 11.7. The van der Waals surface area contributed by atoms with E-state index < -0.39 is 11.9 Å². The van der Waals surface area contributed by atoms with Gasteiger partial charge >= 0.3 is 11.9 Å². The Hall–Kier alpha value is -1.18. The first-order chi connectivity index (χ1) is 6.25. The summed E-state index contributed by atoms with van der Waals surface area (Å²) in [6.45, 7) is 0.222. The summed E-state index contributed by atoms with van der Waals surface area (Å²) < 4.78 is 0. The molecule has 0 unspecified atom stereocenters. The molecule has 4 N–H and O–H groups in total. The van der Waals surface area contributed by atoms with Gasteiger partial charge in [-0.3, -0.25) is 19.4 Å². The Morgan fingerprint density at radius 3 is 1.07 bits per heavy atom. The van der Waals surface area contributed by atoms with Crippen LogP contribution in [0.25, 0.3) is 0 Å². The van der Waals surface area contributed by atoms with Crippen LogP contribution < -0.4 is 0 Å². The molecule has 92 valence electrons. The first-order valence-corrected chi connectivity index (χ1v) is 3.98. The van der Waals surface area contributed by atoms with Crippen LogP contribution in [0.4, 0.5) is 0 Å². The number of carbonyl (C=O) groups is 2. The Balaban J connectivity index is -0.000000180. The molecule has 0 rings (SSSR count). The third-order valence-electron chi connectivity index (χ3n) is 0.903. The van der Waals surface area contributed by atoms with Crippen molar-refractivity contribution in [2.45, 2.75) is 0 Å². The van der Waals surface area contributed by atoms with E-state index in [9.17, 15) is 9.59 Å². The molecule has 0 aliphatic heterocycles. The first kappa shape index (κ1) is 19.4. The molecule has 0 atom stereocenters. The molecule has 0 aromatic carbocycles. The van der Waals surface area contributed by atoms with E-state index in [1.54, 1.807) is 38.0 Å². The van der Waals surface area contributed by atoms with Gasteiger partial charge < -0.3 is 15.7 Å². The molecule has 0 fully saturated rings. The molecule has 0 saturated carbocycles. The number of aliphatic carboxylic acids is 2. The van der Waals surface area contributed by atoms with Crippen LogP contribution >= 0.6 is 0 Å². The van der Waals surface area contributed by atoms with Crippen molar-refractivity contribution in [1.82, 2.24) is 9.80 Å². The average molecular weight is 224 g/mol. The second-order valence-corrected chi connectivity index (χ2v) is 3.26. The van der Waals surface area contributed by atoms with E-state index in [4.69, 9.17) is 10.2 Å². The summed E-state index contributed by atoms with van der Waals surface area (Å²) in [5, 5.41) is 16.1. The maximum absolute atomic E-state index is 9.77. The maximum atomic E-state index is 9.77. The van der Waals surface area contributed by atoms with E-state index in [-0.39, 0.29) is 18.6 Å². The fourth-order valence-corrected chi connectivity index (χ4v) is 0.541. The molecule has 7 heteroatoms. The molecule has 0 saturated heterocycles. The van der Waals surface area contributed by atoms with Gasteiger partial charge in [0.1, 0.15) is 0 Å². The van der Waals surface area contributed by atoms with Gasteiger partial charge in [0.2, 0.25) is 0 Å². The molecule has 0 bridgehead atoms. The van der Waals surface area contributed by atoms with Crippen LogP contribution in [-0.4, -0.2) is 78.7 Å². The van der Waals surface area contributed by atoms with Gasteiger partial charge in [-0.2, -0.15) is 0 Å². The highest BCUT2D eigenvalue weighted by Crippen LogP contribution is 1.70. The Kier molecular flexibility index (Phi) is 14.1. The quantitative estimate of drug-likeness (QED) is 0.597. The van der Waals surface area contributed by atoms with Crippen molar-refractivity contribution in [2.24, 2.45) is 0 Å². The molecule has 0 spiro atoms. The lowest BCUT2D eigenvalue weighted by Crippen LogP contribution is -2.20. The smallest absolute Gasteiger partial charge is 0.317 e. The molecule has 0 radical (unpaired) electrons. The molecular formula is C8H20N2O5. The van der Waals surface area contributed by atoms with Gasteiger partial charge in [-0.1, -0.05) is 0 Å². The Morgan fingerprint density at radius 1 is 0.867 bits per heavy atom. The van der Waals surface area contributed by atoms with Gasteiger partial charge in [-0.15, -0.1) is 0 Å². The number of carboxylic acid groups (broad SMARTS) is 2. The zero-order valence-corrected chi connectivity index (χ0v) is 9.52. The van der Waals surface area contributed by atoms with Crippen LogP contribution in [0.2, 0.25) is 0 Å². The van der Waals surface area contributed by atoms with Gasteiger partial charge in [0.25, 0.3) is 0 Å². The second kappa shape index (κ2) is 10.9. The number of hydrogen-bond donors (Lipinski definition) is 2. The number of nitrogens with zero attached hydrogens (tertiary/aromatic N) is 2. The molecule has 0 aliphatic rings. The maximum Gasteiger partial charge on any atom is 0.317 e. The average Bonchev–Trinajstić information content (AvgIpc) is 1.79. The van der Waals surface area contributed by atoms with E-state index in [1.165, 1.54) is 0 Å². The minimum atomic E-state index is -0.787. The van der Waals surface area contributed by atoms with Crippen LogP contribution in [-0.2, 0) is 9.59 Å². The lowest BCUT2D eigenvalue weighted by Gasteiger charge is -2.01. The highest BCUT2D eigenvalue weighted by Gasteiger charge is 1.95. The van der Waals surface area contributed by atoms with Crippen LogP contribution in [0.15, 0.2) is 0 Å². The summed E-state index contributed by atoms with van der Waals surface area (Å²) in [5.74, 6) is -1.57. The van der Waals surface area contributed by atoms with E-state index in [1.807, 2.05) is 0 Å². The van der Waals surface area contributed by atoms with Crippen molar-refractivity contribution >= 4 is 11.9 Å². The van der Waals surface area contributed by atoms with Crippen LogP contribution in [0.5, 0.6) is 0 Å². The fraction of sp³-hybridized carbons (Fsp3) is 0.750. The van der Waals surface area contributed by atoms with Crippen molar-refractivity contribution in [2.75, 3.05) is 41.3 Å². The predicted octanol–water partition coefficient (Wildman–Crippen LogP) is -1.56. The Bertz CT molecular complexity index is 162. The molecule has 0 amide bonds. The largest absolute Gasteiger partial charge is 0.480 e. The van der Waals surface area contributed by atoms with Gasteiger partial charge in [0.15, 0.2) is 0 Å². The van der Waals surface area contributed by atoms with Gasteiger partial charge in [0.05, 0.1) is 13.1 Å². The third-order valence-corrected chi connectivity index (χ3v) is 0.903. The lowest BCUT2D eigenvalue weighted by atomic mass is 10.6. The van der Waals surface area contributed by atoms with Gasteiger partial charge in [-0.25, -0.2) is 0 Å².